The lowest BCUT2D eigenvalue weighted by atomic mass is 10.1. The van der Waals surface area contributed by atoms with Gasteiger partial charge in [0.25, 0.3) is 11.8 Å². The zero-order chi connectivity index (χ0) is 16.0. The molecule has 0 radical (unpaired) electrons. The van der Waals surface area contributed by atoms with Gasteiger partial charge in [-0.05, 0) is 24.3 Å². The third-order valence-corrected chi connectivity index (χ3v) is 4.20. The molecule has 0 bridgehead atoms. The second kappa shape index (κ2) is 5.47. The zero-order valence-corrected chi connectivity index (χ0v) is 13.6. The molecule has 1 unspecified atom stereocenters. The monoisotopic (exact) mass is 373 g/mol. The first-order valence-corrected chi connectivity index (χ1v) is 7.95. The number of anilines is 1. The van der Waals surface area contributed by atoms with E-state index in [-0.39, 0.29) is 17.9 Å². The van der Waals surface area contributed by atoms with E-state index in [4.69, 9.17) is 9.47 Å². The van der Waals surface area contributed by atoms with Crippen LogP contribution in [0, 0.1) is 0 Å². The van der Waals surface area contributed by atoms with Gasteiger partial charge >= 0.3 is 0 Å². The van der Waals surface area contributed by atoms with Crippen LogP contribution in [0.1, 0.15) is 20.7 Å². The molecule has 1 fully saturated rings. The average molecular weight is 374 g/mol. The standard InChI is InChI=1S/C17H12BrNO4/c18-10-5-11(7-12(6-10)22-8-13-9-23-13)19-16(20)14-3-1-2-4-15(14)17(19)21/h1-7,13H,8-9H2. The third-order valence-electron chi connectivity index (χ3n) is 3.75. The van der Waals surface area contributed by atoms with Gasteiger partial charge in [-0.1, -0.05) is 28.1 Å². The number of epoxide rings is 1. The Labute approximate surface area is 140 Å². The van der Waals surface area contributed by atoms with E-state index >= 15 is 0 Å². The number of benzene rings is 2. The number of hydrogen-bond acceptors (Lipinski definition) is 4. The van der Waals surface area contributed by atoms with Crippen LogP contribution in [0.25, 0.3) is 0 Å². The first kappa shape index (κ1) is 14.4. The summed E-state index contributed by atoms with van der Waals surface area (Å²) in [6.45, 7) is 1.16. The van der Waals surface area contributed by atoms with E-state index < -0.39 is 0 Å². The highest BCUT2D eigenvalue weighted by Gasteiger charge is 2.36. The predicted octanol–water partition coefficient (Wildman–Crippen LogP) is 3.03. The smallest absolute Gasteiger partial charge is 0.266 e. The molecule has 2 aliphatic rings. The highest BCUT2D eigenvalue weighted by atomic mass is 79.9. The number of halogens is 1. The van der Waals surface area contributed by atoms with E-state index in [0.717, 1.165) is 4.47 Å². The minimum atomic E-state index is -0.319. The van der Waals surface area contributed by atoms with Crippen LogP contribution < -0.4 is 9.64 Å². The molecule has 2 aliphatic heterocycles. The van der Waals surface area contributed by atoms with Crippen molar-refractivity contribution in [1.29, 1.82) is 0 Å². The number of hydrogen-bond donors (Lipinski definition) is 0. The number of ether oxygens (including phenoxy) is 2. The number of imide groups is 1. The predicted molar refractivity (Wildman–Crippen MR) is 87.0 cm³/mol. The minimum absolute atomic E-state index is 0.136. The molecular weight excluding hydrogens is 362 g/mol. The summed E-state index contributed by atoms with van der Waals surface area (Å²) < 4.78 is 11.5. The highest BCUT2D eigenvalue weighted by Crippen LogP contribution is 2.33. The van der Waals surface area contributed by atoms with Crippen molar-refractivity contribution in [3.8, 4) is 5.75 Å². The van der Waals surface area contributed by atoms with Crippen LogP contribution in [0.15, 0.2) is 46.9 Å². The van der Waals surface area contributed by atoms with Crippen molar-refractivity contribution >= 4 is 33.4 Å². The fourth-order valence-electron chi connectivity index (χ4n) is 2.54. The normalized spacial score (nSPS) is 19.0. The molecule has 2 aromatic carbocycles. The summed E-state index contributed by atoms with van der Waals surface area (Å²) in [7, 11) is 0. The Morgan fingerprint density at radius 3 is 2.39 bits per heavy atom. The van der Waals surface area contributed by atoms with Crippen molar-refractivity contribution in [2.45, 2.75) is 6.10 Å². The molecule has 6 heteroatoms. The third kappa shape index (κ3) is 2.64. The van der Waals surface area contributed by atoms with E-state index in [0.29, 0.717) is 35.8 Å². The van der Waals surface area contributed by atoms with Crippen LogP contribution in [0.4, 0.5) is 5.69 Å². The molecular formula is C17H12BrNO4. The van der Waals surface area contributed by atoms with Gasteiger partial charge in [-0.3, -0.25) is 9.59 Å². The number of amides is 2. The van der Waals surface area contributed by atoms with Crippen LogP contribution in [0.5, 0.6) is 5.75 Å². The summed E-state index contributed by atoms with van der Waals surface area (Å²) in [4.78, 5) is 26.2. The molecule has 5 nitrogen and oxygen atoms in total. The Morgan fingerprint density at radius 1 is 1.13 bits per heavy atom. The molecule has 2 aromatic rings. The Hall–Kier alpha value is -2.18. The van der Waals surface area contributed by atoms with Gasteiger partial charge in [0.15, 0.2) is 0 Å². The van der Waals surface area contributed by atoms with E-state index in [1.807, 2.05) is 0 Å². The average Bonchev–Trinajstić information content (AvgIpc) is 3.33. The van der Waals surface area contributed by atoms with E-state index in [1.165, 1.54) is 4.90 Å². The number of carbonyl (C=O) groups is 2. The molecule has 1 atom stereocenters. The molecule has 23 heavy (non-hydrogen) atoms. The largest absolute Gasteiger partial charge is 0.491 e. The van der Waals surface area contributed by atoms with E-state index in [9.17, 15) is 9.59 Å². The quantitative estimate of drug-likeness (QED) is 0.610. The van der Waals surface area contributed by atoms with Gasteiger partial charge in [0, 0.05) is 10.5 Å². The Kier molecular flexibility index (Phi) is 3.43. The Morgan fingerprint density at radius 2 is 1.78 bits per heavy atom. The van der Waals surface area contributed by atoms with Gasteiger partial charge in [-0.15, -0.1) is 0 Å². The number of nitrogens with zero attached hydrogens (tertiary/aromatic N) is 1. The highest BCUT2D eigenvalue weighted by molar-refractivity contribution is 9.10. The molecule has 2 heterocycles. The van der Waals surface area contributed by atoms with Gasteiger partial charge in [0.2, 0.25) is 0 Å². The van der Waals surface area contributed by atoms with Crippen LogP contribution in [-0.2, 0) is 4.74 Å². The fraction of sp³-hybridized carbons (Fsp3) is 0.176. The second-order valence-electron chi connectivity index (χ2n) is 5.40. The van der Waals surface area contributed by atoms with Crippen molar-refractivity contribution in [3.05, 3.63) is 58.1 Å². The van der Waals surface area contributed by atoms with Crippen molar-refractivity contribution in [1.82, 2.24) is 0 Å². The van der Waals surface area contributed by atoms with Crippen molar-refractivity contribution in [2.75, 3.05) is 18.1 Å². The Bertz CT molecular complexity index is 781. The van der Waals surface area contributed by atoms with Gasteiger partial charge in [0.05, 0.1) is 23.4 Å². The summed E-state index contributed by atoms with van der Waals surface area (Å²) >= 11 is 3.40. The maximum absolute atomic E-state index is 12.5. The summed E-state index contributed by atoms with van der Waals surface area (Å²) in [5.74, 6) is -0.0539. The molecule has 0 spiro atoms. The van der Waals surface area contributed by atoms with Crippen LogP contribution in [0.3, 0.4) is 0 Å². The molecule has 0 N–H and O–H groups in total. The van der Waals surface area contributed by atoms with E-state index in [2.05, 4.69) is 15.9 Å². The summed E-state index contributed by atoms with van der Waals surface area (Å²) in [6, 6.07) is 12.0. The number of carbonyl (C=O) groups excluding carboxylic acids is 2. The first-order chi connectivity index (χ1) is 11.1. The molecule has 0 aromatic heterocycles. The summed E-state index contributed by atoms with van der Waals surface area (Å²) in [6.07, 6.45) is 0.136. The van der Waals surface area contributed by atoms with Crippen LogP contribution in [-0.4, -0.2) is 31.1 Å². The molecule has 0 saturated carbocycles. The van der Waals surface area contributed by atoms with Crippen LogP contribution in [0.2, 0.25) is 0 Å². The lowest BCUT2D eigenvalue weighted by Crippen LogP contribution is -2.29. The van der Waals surface area contributed by atoms with Crippen LogP contribution >= 0.6 is 15.9 Å². The summed E-state index contributed by atoms with van der Waals surface area (Å²) in [5, 5.41) is 0. The van der Waals surface area contributed by atoms with Gasteiger partial charge in [-0.25, -0.2) is 4.90 Å². The summed E-state index contributed by atoms with van der Waals surface area (Å²) in [5.41, 5.74) is 1.33. The molecule has 4 rings (SSSR count). The minimum Gasteiger partial charge on any atom is -0.491 e. The zero-order valence-electron chi connectivity index (χ0n) is 12.0. The lowest BCUT2D eigenvalue weighted by Gasteiger charge is -2.16. The molecule has 1 saturated heterocycles. The number of fused-ring (bicyclic) bond motifs is 1. The van der Waals surface area contributed by atoms with Crippen molar-refractivity contribution in [3.63, 3.8) is 0 Å². The van der Waals surface area contributed by atoms with Crippen molar-refractivity contribution < 1.29 is 19.1 Å². The van der Waals surface area contributed by atoms with Gasteiger partial charge < -0.3 is 9.47 Å². The van der Waals surface area contributed by atoms with E-state index in [1.54, 1.807) is 42.5 Å². The van der Waals surface area contributed by atoms with Gasteiger partial charge in [-0.2, -0.15) is 0 Å². The first-order valence-electron chi connectivity index (χ1n) is 7.16. The number of rotatable bonds is 4. The maximum atomic E-state index is 12.5. The SMILES string of the molecule is O=C1c2ccccc2C(=O)N1c1cc(Br)cc(OCC2CO2)c1. The maximum Gasteiger partial charge on any atom is 0.266 e. The molecule has 116 valence electrons. The van der Waals surface area contributed by atoms with Gasteiger partial charge in [0.1, 0.15) is 18.5 Å². The Balaban J connectivity index is 1.67. The topological polar surface area (TPSA) is 59.1 Å². The molecule has 0 aliphatic carbocycles. The molecule has 2 amide bonds. The lowest BCUT2D eigenvalue weighted by molar-refractivity contribution is 0.0926. The van der Waals surface area contributed by atoms with Crippen molar-refractivity contribution in [2.24, 2.45) is 0 Å². The fourth-order valence-corrected chi connectivity index (χ4v) is 3.00. The second-order valence-corrected chi connectivity index (χ2v) is 6.32.